The Morgan fingerprint density at radius 2 is 1.92 bits per heavy atom. The molecule has 1 aliphatic heterocycles. The van der Waals surface area contributed by atoms with Gasteiger partial charge in [-0.1, -0.05) is 6.92 Å². The second-order valence-corrected chi connectivity index (χ2v) is 9.69. The minimum Gasteiger partial charge on any atom is -0.480 e. The lowest BCUT2D eigenvalue weighted by atomic mass is 9.85. The number of carbonyl (C=O) groups excluding carboxylic acids is 1. The van der Waals surface area contributed by atoms with Crippen molar-refractivity contribution in [1.82, 2.24) is 19.4 Å². The van der Waals surface area contributed by atoms with Crippen LogP contribution in [-0.4, -0.2) is 97.2 Å². The van der Waals surface area contributed by atoms with Crippen molar-refractivity contribution in [2.24, 2.45) is 0 Å². The highest BCUT2D eigenvalue weighted by Gasteiger charge is 2.38. The first-order valence-corrected chi connectivity index (χ1v) is 10.6. The zero-order valence-corrected chi connectivity index (χ0v) is 16.5. The van der Waals surface area contributed by atoms with E-state index >= 15 is 0 Å². The van der Waals surface area contributed by atoms with Crippen LogP contribution in [-0.2, 0) is 14.8 Å². The van der Waals surface area contributed by atoms with Gasteiger partial charge in [0.25, 0.3) is 0 Å². The molecule has 150 valence electrons. The van der Waals surface area contributed by atoms with Crippen LogP contribution in [0.5, 0.6) is 0 Å². The van der Waals surface area contributed by atoms with E-state index in [0.717, 1.165) is 12.8 Å². The maximum Gasteiger partial charge on any atom is 0.317 e. The Morgan fingerprint density at radius 1 is 1.27 bits per heavy atom. The fraction of sp³-hybridized carbons (Fsp3) is 0.875. The fourth-order valence-electron chi connectivity index (χ4n) is 3.61. The molecule has 2 N–H and O–H groups in total. The van der Waals surface area contributed by atoms with Crippen LogP contribution in [0, 0.1) is 0 Å². The molecule has 1 aliphatic carbocycles. The number of hydrogen-bond donors (Lipinski definition) is 2. The number of hydrogen-bond acceptors (Lipinski definition) is 5. The maximum atomic E-state index is 12.5. The summed E-state index contributed by atoms with van der Waals surface area (Å²) in [5.74, 6) is -0.846. The first-order valence-electron chi connectivity index (χ1n) is 9.07. The molecule has 0 aromatic heterocycles. The summed E-state index contributed by atoms with van der Waals surface area (Å²) < 4.78 is 25.8. The summed E-state index contributed by atoms with van der Waals surface area (Å²) in [6, 6.07) is -0.0424. The van der Waals surface area contributed by atoms with E-state index in [-0.39, 0.29) is 31.2 Å². The molecule has 0 aromatic rings. The van der Waals surface area contributed by atoms with Gasteiger partial charge < -0.3 is 15.3 Å². The molecule has 1 atom stereocenters. The van der Waals surface area contributed by atoms with Crippen LogP contribution < -0.4 is 5.32 Å². The molecule has 0 bridgehead atoms. The highest BCUT2D eigenvalue weighted by Crippen LogP contribution is 2.26. The van der Waals surface area contributed by atoms with E-state index in [9.17, 15) is 18.0 Å². The molecule has 26 heavy (non-hydrogen) atoms. The van der Waals surface area contributed by atoms with Crippen molar-refractivity contribution >= 4 is 22.0 Å². The molecule has 0 spiro atoms. The molecule has 2 amide bonds. The summed E-state index contributed by atoms with van der Waals surface area (Å²) in [5.41, 5.74) is 0. The number of nitrogens with zero attached hydrogens (tertiary/aromatic N) is 3. The molecule has 0 radical (unpaired) electrons. The molecule has 10 heteroatoms. The van der Waals surface area contributed by atoms with E-state index in [1.807, 2.05) is 11.8 Å². The number of sulfonamides is 1. The number of piperidine rings is 1. The minimum atomic E-state index is -3.37. The van der Waals surface area contributed by atoms with E-state index < -0.39 is 21.2 Å². The van der Waals surface area contributed by atoms with Crippen molar-refractivity contribution in [3.8, 4) is 0 Å². The Kier molecular flexibility index (Phi) is 6.86. The Balaban J connectivity index is 1.83. The lowest BCUT2D eigenvalue weighted by Crippen LogP contribution is -2.58. The Bertz CT molecular complexity index is 618. The van der Waals surface area contributed by atoms with Crippen molar-refractivity contribution in [3.05, 3.63) is 0 Å². The van der Waals surface area contributed by atoms with Gasteiger partial charge in [-0.05, 0) is 32.2 Å². The SMILES string of the molecule is CCN(CC(=O)O)C1CC(NC(=O)N2CCCC(S(=O)(=O)N(C)C)C2)C1. The van der Waals surface area contributed by atoms with E-state index in [0.29, 0.717) is 25.9 Å². The van der Waals surface area contributed by atoms with Gasteiger partial charge in [0.15, 0.2) is 0 Å². The van der Waals surface area contributed by atoms with Crippen LogP contribution in [0.25, 0.3) is 0 Å². The average Bonchev–Trinajstić information content (AvgIpc) is 2.55. The number of likely N-dealkylation sites (N-methyl/N-ethyl adjacent to an activating group) is 1. The number of carboxylic acids is 1. The minimum absolute atomic E-state index is 0.0119. The summed E-state index contributed by atoms with van der Waals surface area (Å²) in [4.78, 5) is 26.8. The summed E-state index contributed by atoms with van der Waals surface area (Å²) in [5, 5.41) is 11.3. The van der Waals surface area contributed by atoms with E-state index in [4.69, 9.17) is 5.11 Å². The third-order valence-corrected chi connectivity index (χ3v) is 7.54. The molecule has 0 aromatic carbocycles. The van der Waals surface area contributed by atoms with Gasteiger partial charge in [0.05, 0.1) is 11.8 Å². The second-order valence-electron chi connectivity index (χ2n) is 7.27. The molecule has 2 fully saturated rings. The molecule has 2 rings (SSSR count). The molecular weight excluding hydrogens is 360 g/mol. The number of likely N-dealkylation sites (tertiary alicyclic amines) is 1. The van der Waals surface area contributed by atoms with Crippen molar-refractivity contribution in [2.45, 2.75) is 49.9 Å². The monoisotopic (exact) mass is 390 g/mol. The van der Waals surface area contributed by atoms with Crippen LogP contribution in [0.2, 0.25) is 0 Å². The number of rotatable bonds is 7. The van der Waals surface area contributed by atoms with Crippen molar-refractivity contribution in [3.63, 3.8) is 0 Å². The predicted octanol–water partition coefficient (Wildman–Crippen LogP) is -0.0107. The smallest absolute Gasteiger partial charge is 0.317 e. The van der Waals surface area contributed by atoms with Crippen LogP contribution in [0.3, 0.4) is 0 Å². The topological polar surface area (TPSA) is 110 Å². The second kappa shape index (κ2) is 8.53. The highest BCUT2D eigenvalue weighted by molar-refractivity contribution is 7.89. The van der Waals surface area contributed by atoms with Crippen LogP contribution >= 0.6 is 0 Å². The fourth-order valence-corrected chi connectivity index (χ4v) is 5.04. The molecule has 1 saturated carbocycles. The quantitative estimate of drug-likeness (QED) is 0.633. The van der Waals surface area contributed by atoms with Crippen molar-refractivity contribution in [1.29, 1.82) is 0 Å². The molecular formula is C16H30N4O5S. The molecule has 1 unspecified atom stereocenters. The predicted molar refractivity (Wildman–Crippen MR) is 97.4 cm³/mol. The van der Waals surface area contributed by atoms with Crippen LogP contribution in [0.15, 0.2) is 0 Å². The number of carbonyl (C=O) groups is 2. The third-order valence-electron chi connectivity index (χ3n) is 5.30. The van der Waals surface area contributed by atoms with Crippen LogP contribution in [0.1, 0.15) is 32.6 Å². The highest BCUT2D eigenvalue weighted by atomic mass is 32.2. The standard InChI is InChI=1S/C16H30N4O5S/c1-4-19(11-15(21)22)13-8-12(9-13)17-16(23)20-7-5-6-14(10-20)26(24,25)18(2)3/h12-14H,4-11H2,1-3H3,(H,17,23)(H,21,22). The summed E-state index contributed by atoms with van der Waals surface area (Å²) in [6.45, 7) is 3.36. The zero-order chi connectivity index (χ0) is 19.5. The van der Waals surface area contributed by atoms with Crippen molar-refractivity contribution in [2.75, 3.05) is 40.3 Å². The van der Waals surface area contributed by atoms with Gasteiger partial charge in [0, 0.05) is 39.3 Å². The van der Waals surface area contributed by atoms with Gasteiger partial charge in [-0.15, -0.1) is 0 Å². The maximum absolute atomic E-state index is 12.5. The van der Waals surface area contributed by atoms with Gasteiger partial charge in [-0.25, -0.2) is 17.5 Å². The molecule has 1 saturated heterocycles. The Hall–Kier alpha value is -1.39. The summed E-state index contributed by atoms with van der Waals surface area (Å²) >= 11 is 0. The average molecular weight is 391 g/mol. The number of amides is 2. The number of carboxylic acid groups (broad SMARTS) is 1. The van der Waals surface area contributed by atoms with E-state index in [2.05, 4.69) is 5.32 Å². The van der Waals surface area contributed by atoms with Crippen LogP contribution in [0.4, 0.5) is 4.79 Å². The first kappa shape index (κ1) is 20.9. The number of nitrogens with one attached hydrogen (secondary N) is 1. The number of aliphatic carboxylic acids is 1. The molecule has 2 aliphatic rings. The van der Waals surface area contributed by atoms with Gasteiger partial charge in [0.1, 0.15) is 0 Å². The summed E-state index contributed by atoms with van der Waals surface area (Å²) in [6.07, 6.45) is 2.68. The van der Waals surface area contributed by atoms with E-state index in [1.165, 1.54) is 18.4 Å². The largest absolute Gasteiger partial charge is 0.480 e. The lowest BCUT2D eigenvalue weighted by Gasteiger charge is -2.43. The molecule has 1 heterocycles. The van der Waals surface area contributed by atoms with Gasteiger partial charge in [0.2, 0.25) is 10.0 Å². The molecule has 9 nitrogen and oxygen atoms in total. The summed E-state index contributed by atoms with van der Waals surface area (Å²) in [7, 11) is -0.345. The Morgan fingerprint density at radius 3 is 2.46 bits per heavy atom. The van der Waals surface area contributed by atoms with Gasteiger partial charge in [-0.2, -0.15) is 0 Å². The normalized spacial score (nSPS) is 26.7. The van der Waals surface area contributed by atoms with E-state index in [1.54, 1.807) is 4.90 Å². The third kappa shape index (κ3) is 4.86. The van der Waals surface area contributed by atoms with Crippen molar-refractivity contribution < 1.29 is 23.1 Å². The zero-order valence-electron chi connectivity index (χ0n) is 15.7. The van der Waals surface area contributed by atoms with Gasteiger partial charge in [-0.3, -0.25) is 9.69 Å². The Labute approximate surface area is 155 Å². The first-order chi connectivity index (χ1) is 12.1. The van der Waals surface area contributed by atoms with Gasteiger partial charge >= 0.3 is 12.0 Å². The number of urea groups is 1. The lowest BCUT2D eigenvalue weighted by molar-refractivity contribution is -0.139.